The van der Waals surface area contributed by atoms with Crippen LogP contribution in [0, 0.1) is 13.8 Å². The van der Waals surface area contributed by atoms with Gasteiger partial charge in [-0.3, -0.25) is 4.79 Å². The Labute approximate surface area is 175 Å². The Balaban J connectivity index is 1.95. The summed E-state index contributed by atoms with van der Waals surface area (Å²) in [5.74, 6) is -2.81. The third kappa shape index (κ3) is 4.56. The third-order valence-corrected chi connectivity index (χ3v) is 6.21. The Morgan fingerprint density at radius 3 is 2.38 bits per heavy atom. The zero-order valence-corrected chi connectivity index (χ0v) is 17.6. The van der Waals surface area contributed by atoms with Crippen molar-refractivity contribution in [2.75, 3.05) is 12.4 Å². The van der Waals surface area contributed by atoms with Crippen molar-refractivity contribution in [3.63, 3.8) is 0 Å². The lowest BCUT2D eigenvalue weighted by atomic mass is 10.0. The predicted molar refractivity (Wildman–Crippen MR) is 104 cm³/mol. The molecule has 11 heteroatoms. The molecule has 3 rings (SSSR count). The van der Waals surface area contributed by atoms with Crippen LogP contribution in [0.4, 0.5) is 0 Å². The summed E-state index contributed by atoms with van der Waals surface area (Å²) in [5, 5.41) is -0.542. The number of ketones is 1. The van der Waals surface area contributed by atoms with Gasteiger partial charge in [-0.25, -0.2) is 29.5 Å². The lowest BCUT2D eigenvalue weighted by Crippen LogP contribution is -2.51. The molecular weight excluding hydrogens is 416 g/mol. The molecule has 0 spiro atoms. The average molecular weight is 434 g/mol. The van der Waals surface area contributed by atoms with Gasteiger partial charge in [0.1, 0.15) is 5.25 Å². The van der Waals surface area contributed by atoms with Crippen molar-refractivity contribution in [2.24, 2.45) is 0 Å². The third-order valence-electron chi connectivity index (χ3n) is 3.94. The van der Waals surface area contributed by atoms with Crippen LogP contribution < -0.4 is 0 Å². The van der Waals surface area contributed by atoms with Gasteiger partial charge in [0.05, 0.1) is 12.4 Å². The van der Waals surface area contributed by atoms with Crippen molar-refractivity contribution in [1.29, 1.82) is 0 Å². The molecule has 2 aromatic rings. The highest BCUT2D eigenvalue weighted by molar-refractivity contribution is 8.01. The van der Waals surface area contributed by atoms with Crippen molar-refractivity contribution < 1.29 is 23.9 Å². The number of carbonyl (C=O) groups is 3. The van der Waals surface area contributed by atoms with Crippen LogP contribution in [0.3, 0.4) is 0 Å². The Hall–Kier alpha value is -2.53. The zero-order chi connectivity index (χ0) is 21.0. The van der Waals surface area contributed by atoms with Gasteiger partial charge in [0, 0.05) is 23.8 Å². The first-order valence-electron chi connectivity index (χ1n) is 8.69. The predicted octanol–water partition coefficient (Wildman–Crippen LogP) is 1.56. The van der Waals surface area contributed by atoms with Crippen LogP contribution in [0.1, 0.15) is 18.3 Å². The molecule has 152 valence electrons. The molecule has 0 radical (unpaired) electrons. The summed E-state index contributed by atoms with van der Waals surface area (Å²) >= 11 is 2.00. The maximum atomic E-state index is 12.9. The van der Waals surface area contributed by atoms with E-state index in [1.807, 2.05) is 0 Å². The van der Waals surface area contributed by atoms with Crippen LogP contribution in [0.5, 0.6) is 0 Å². The molecule has 1 fully saturated rings. The van der Waals surface area contributed by atoms with E-state index in [-0.39, 0.29) is 17.5 Å². The van der Waals surface area contributed by atoms with Crippen molar-refractivity contribution in [3.05, 3.63) is 35.9 Å². The van der Waals surface area contributed by atoms with E-state index in [0.29, 0.717) is 10.9 Å². The van der Waals surface area contributed by atoms with Gasteiger partial charge in [0.25, 0.3) is 5.78 Å². The van der Waals surface area contributed by atoms with Crippen molar-refractivity contribution in [3.8, 4) is 0 Å². The normalized spacial score (nSPS) is 21.1. The number of nitrogens with zero attached hydrogens (tertiary/aromatic N) is 4. The van der Waals surface area contributed by atoms with Gasteiger partial charge in [0.15, 0.2) is 10.3 Å². The first-order valence-corrected chi connectivity index (χ1v) is 10.6. The maximum Gasteiger partial charge on any atom is 0.377 e. The molecule has 1 aliphatic heterocycles. The van der Waals surface area contributed by atoms with Crippen molar-refractivity contribution in [2.45, 2.75) is 41.9 Å². The van der Waals surface area contributed by atoms with Crippen LogP contribution in [-0.2, 0) is 23.9 Å². The van der Waals surface area contributed by atoms with Crippen molar-refractivity contribution in [1.82, 2.24) is 19.9 Å². The number of Topliss-reactive ketones (excluding diaryl/α,β-unsaturated/α-hetero) is 1. The number of aryl methyl sites for hydroxylation is 2. The van der Waals surface area contributed by atoms with E-state index in [1.165, 1.54) is 6.20 Å². The van der Waals surface area contributed by atoms with E-state index in [9.17, 15) is 14.4 Å². The topological polar surface area (TPSA) is 121 Å². The van der Waals surface area contributed by atoms with Crippen molar-refractivity contribution >= 4 is 41.2 Å². The van der Waals surface area contributed by atoms with Gasteiger partial charge < -0.3 is 9.47 Å². The number of hydrogen-bond acceptors (Lipinski definition) is 11. The fourth-order valence-corrected chi connectivity index (χ4v) is 4.85. The molecule has 3 heterocycles. The molecule has 2 unspecified atom stereocenters. The molecule has 0 N–H and O–H groups in total. The second kappa shape index (κ2) is 8.87. The minimum atomic E-state index is -1.83. The smallest absolute Gasteiger partial charge is 0.377 e. The molecule has 29 heavy (non-hydrogen) atoms. The van der Waals surface area contributed by atoms with Gasteiger partial charge in [-0.15, -0.1) is 0 Å². The van der Waals surface area contributed by atoms with Gasteiger partial charge in [-0.2, -0.15) is 0 Å². The molecule has 0 aromatic carbocycles. The molecule has 2 aromatic heterocycles. The Morgan fingerprint density at radius 1 is 1.14 bits per heavy atom. The van der Waals surface area contributed by atoms with E-state index in [1.54, 1.807) is 39.1 Å². The fourth-order valence-electron chi connectivity index (χ4n) is 2.56. The summed E-state index contributed by atoms with van der Waals surface area (Å²) in [6, 6.07) is 3.43. The molecule has 0 saturated carbocycles. The standard InChI is InChI=1S/C18H18N4O5S2/c1-4-26-15(25)18(9-28-16-19-7-5-10(2)21-16)13(12(23)14(24)27-18)29-17-20-8-6-11(3)22-17/h5-8,13H,4,9H2,1-3H3. The van der Waals surface area contributed by atoms with Gasteiger partial charge in [0.2, 0.25) is 5.60 Å². The SMILES string of the molecule is CCOC(=O)C1(CSc2nccc(C)n2)OC(=O)C(=O)C1Sc1nccc(C)n1. The van der Waals surface area contributed by atoms with Crippen LogP contribution in [-0.4, -0.2) is 60.9 Å². The number of carbonyl (C=O) groups excluding carboxylic acids is 3. The number of rotatable bonds is 7. The minimum Gasteiger partial charge on any atom is -0.463 e. The van der Waals surface area contributed by atoms with E-state index < -0.39 is 28.6 Å². The monoisotopic (exact) mass is 434 g/mol. The molecule has 0 bridgehead atoms. The summed E-state index contributed by atoms with van der Waals surface area (Å²) in [4.78, 5) is 54.4. The largest absolute Gasteiger partial charge is 0.463 e. The molecule has 2 atom stereocenters. The highest BCUT2D eigenvalue weighted by atomic mass is 32.2. The Kier molecular flexibility index (Phi) is 6.48. The van der Waals surface area contributed by atoms with E-state index in [2.05, 4.69) is 19.9 Å². The van der Waals surface area contributed by atoms with E-state index >= 15 is 0 Å². The molecule has 0 aliphatic carbocycles. The summed E-state index contributed by atoms with van der Waals surface area (Å²) in [7, 11) is 0. The summed E-state index contributed by atoms with van der Waals surface area (Å²) in [5.41, 5.74) is -0.407. The van der Waals surface area contributed by atoms with Crippen LogP contribution in [0.25, 0.3) is 0 Å². The van der Waals surface area contributed by atoms with Crippen LogP contribution >= 0.6 is 23.5 Å². The van der Waals surface area contributed by atoms with E-state index in [0.717, 1.165) is 29.2 Å². The van der Waals surface area contributed by atoms with Gasteiger partial charge in [-0.05, 0) is 32.9 Å². The number of ether oxygens (including phenoxy) is 2. The maximum absolute atomic E-state index is 12.9. The number of esters is 2. The minimum absolute atomic E-state index is 0.0657. The number of hydrogen-bond donors (Lipinski definition) is 0. The van der Waals surface area contributed by atoms with Gasteiger partial charge >= 0.3 is 11.9 Å². The van der Waals surface area contributed by atoms with Crippen LogP contribution in [0.15, 0.2) is 34.8 Å². The summed E-state index contributed by atoms with van der Waals surface area (Å²) < 4.78 is 10.5. The first-order chi connectivity index (χ1) is 13.9. The molecule has 9 nitrogen and oxygen atoms in total. The molecule has 1 aliphatic rings. The van der Waals surface area contributed by atoms with Crippen LogP contribution in [0.2, 0.25) is 0 Å². The molecular formula is C18H18N4O5S2. The lowest BCUT2D eigenvalue weighted by molar-refractivity contribution is -0.171. The summed E-state index contributed by atoms with van der Waals surface area (Å²) in [6.45, 7) is 5.27. The first kappa shape index (κ1) is 21.2. The van der Waals surface area contributed by atoms with E-state index in [4.69, 9.17) is 9.47 Å². The van der Waals surface area contributed by atoms with Gasteiger partial charge in [-0.1, -0.05) is 23.5 Å². The zero-order valence-electron chi connectivity index (χ0n) is 15.9. The second-order valence-electron chi connectivity index (χ2n) is 6.11. The fraction of sp³-hybridized carbons (Fsp3) is 0.389. The average Bonchev–Trinajstić information content (AvgIpc) is 2.92. The number of thioether (sulfide) groups is 2. The number of aromatic nitrogens is 4. The highest BCUT2D eigenvalue weighted by Gasteiger charge is 2.62. The quantitative estimate of drug-likeness (QED) is 0.273. The summed E-state index contributed by atoms with van der Waals surface area (Å²) in [6.07, 6.45) is 3.12. The highest BCUT2D eigenvalue weighted by Crippen LogP contribution is 2.41. The lowest BCUT2D eigenvalue weighted by Gasteiger charge is -2.28. The molecule has 0 amide bonds. The number of cyclic esters (lactones) is 1. The Bertz CT molecular complexity index is 957. The second-order valence-corrected chi connectivity index (χ2v) is 8.13. The Morgan fingerprint density at radius 2 is 1.76 bits per heavy atom. The molecule has 1 saturated heterocycles.